The van der Waals surface area contributed by atoms with Gasteiger partial charge < -0.3 is 4.42 Å². The highest BCUT2D eigenvalue weighted by Crippen LogP contribution is 2.29. The van der Waals surface area contributed by atoms with Gasteiger partial charge in [0.1, 0.15) is 0 Å². The van der Waals surface area contributed by atoms with Crippen LogP contribution >= 0.6 is 11.6 Å². The van der Waals surface area contributed by atoms with Gasteiger partial charge in [-0.1, -0.05) is 25.7 Å². The molecule has 1 aliphatic carbocycles. The Balaban J connectivity index is 1.95. The molecule has 0 radical (unpaired) electrons. The van der Waals surface area contributed by atoms with Gasteiger partial charge in [-0.15, -0.1) is 0 Å². The second kappa shape index (κ2) is 4.18. The van der Waals surface area contributed by atoms with Crippen LogP contribution in [0.4, 0.5) is 0 Å². The molecule has 1 heterocycles. The number of carbonyl (C=O) groups excluding carboxylic acids is 1. The molecule has 0 spiro atoms. The molecule has 0 unspecified atom stereocenters. The smallest absolute Gasteiger partial charge is 0.198 e. The van der Waals surface area contributed by atoms with Crippen molar-refractivity contribution < 1.29 is 9.21 Å². The summed E-state index contributed by atoms with van der Waals surface area (Å²) in [4.78, 5) is 11.7. The molecule has 0 N–H and O–H groups in total. The number of carbonyl (C=O) groups is 1. The maximum atomic E-state index is 11.7. The highest BCUT2D eigenvalue weighted by Gasteiger charge is 2.20. The summed E-state index contributed by atoms with van der Waals surface area (Å²) in [6, 6.07) is 3.27. The minimum absolute atomic E-state index is 0.0869. The Hall–Kier alpha value is -0.760. The van der Waals surface area contributed by atoms with Crippen molar-refractivity contribution in [1.82, 2.24) is 0 Å². The van der Waals surface area contributed by atoms with Crippen molar-refractivity contribution in [3.63, 3.8) is 0 Å². The number of hydrogen-bond acceptors (Lipinski definition) is 2. The van der Waals surface area contributed by atoms with E-state index in [-0.39, 0.29) is 5.78 Å². The molecule has 3 heteroatoms. The minimum atomic E-state index is 0.0869. The van der Waals surface area contributed by atoms with Gasteiger partial charge in [-0.2, -0.15) is 0 Å². The number of ketones is 1. The third-order valence-electron chi connectivity index (χ3n) is 2.80. The molecule has 0 bridgehead atoms. The molecule has 0 saturated heterocycles. The molecule has 2 nitrogen and oxygen atoms in total. The van der Waals surface area contributed by atoms with E-state index < -0.39 is 0 Å². The van der Waals surface area contributed by atoms with Gasteiger partial charge in [-0.3, -0.25) is 4.79 Å². The van der Waals surface area contributed by atoms with Crippen LogP contribution < -0.4 is 0 Å². The van der Waals surface area contributed by atoms with E-state index in [1.807, 2.05) is 0 Å². The Morgan fingerprint density at radius 1 is 1.43 bits per heavy atom. The standard InChI is InChI=1S/C11H13ClO2/c12-11-6-5-10(14-11)9(13)7-8-3-1-2-4-8/h5-6,8H,1-4,7H2. The summed E-state index contributed by atoms with van der Waals surface area (Å²) >= 11 is 5.60. The quantitative estimate of drug-likeness (QED) is 0.716. The fourth-order valence-corrected chi connectivity index (χ4v) is 2.19. The highest BCUT2D eigenvalue weighted by atomic mass is 35.5. The Labute approximate surface area is 88.2 Å². The predicted molar refractivity (Wildman–Crippen MR) is 54.6 cm³/mol. The van der Waals surface area contributed by atoms with Gasteiger partial charge in [0.2, 0.25) is 0 Å². The van der Waals surface area contributed by atoms with Gasteiger partial charge in [-0.25, -0.2) is 0 Å². The van der Waals surface area contributed by atoms with Gasteiger partial charge in [0.25, 0.3) is 0 Å². The lowest BCUT2D eigenvalue weighted by Gasteiger charge is -2.04. The van der Waals surface area contributed by atoms with Crippen LogP contribution in [0.15, 0.2) is 16.5 Å². The first kappa shape index (κ1) is 9.78. The molecule has 1 aromatic heterocycles. The number of Topliss-reactive ketones (excluding diaryl/α,β-unsaturated/α-hetero) is 1. The number of hydrogen-bond donors (Lipinski definition) is 0. The molecule has 1 fully saturated rings. The van der Waals surface area contributed by atoms with E-state index in [1.54, 1.807) is 12.1 Å². The first-order chi connectivity index (χ1) is 6.75. The van der Waals surface area contributed by atoms with Gasteiger partial charge in [0.05, 0.1) is 0 Å². The lowest BCUT2D eigenvalue weighted by Crippen LogP contribution is -2.04. The fraction of sp³-hybridized carbons (Fsp3) is 0.545. The second-order valence-corrected chi connectivity index (χ2v) is 4.25. The lowest BCUT2D eigenvalue weighted by molar-refractivity contribution is 0.0935. The summed E-state index contributed by atoms with van der Waals surface area (Å²) in [6.07, 6.45) is 5.50. The molecule has 14 heavy (non-hydrogen) atoms. The summed E-state index contributed by atoms with van der Waals surface area (Å²) in [6.45, 7) is 0. The average molecular weight is 213 g/mol. The van der Waals surface area contributed by atoms with Crippen molar-refractivity contribution in [2.24, 2.45) is 5.92 Å². The number of halogens is 1. The number of furan rings is 1. The molecule has 0 amide bonds. The maximum Gasteiger partial charge on any atom is 0.198 e. The summed E-state index contributed by atoms with van der Waals surface area (Å²) in [5.74, 6) is 1.05. The highest BCUT2D eigenvalue weighted by molar-refractivity contribution is 6.29. The lowest BCUT2D eigenvalue weighted by atomic mass is 10.0. The largest absolute Gasteiger partial charge is 0.442 e. The van der Waals surface area contributed by atoms with E-state index in [9.17, 15) is 4.79 Å². The maximum absolute atomic E-state index is 11.7. The van der Waals surface area contributed by atoms with Crippen molar-refractivity contribution in [3.8, 4) is 0 Å². The summed E-state index contributed by atoms with van der Waals surface area (Å²) < 4.78 is 5.07. The topological polar surface area (TPSA) is 30.2 Å². The van der Waals surface area contributed by atoms with E-state index >= 15 is 0 Å². The predicted octanol–water partition coefficient (Wildman–Crippen LogP) is 3.70. The molecule has 1 aromatic rings. The van der Waals surface area contributed by atoms with Crippen LogP contribution in [0.2, 0.25) is 5.22 Å². The van der Waals surface area contributed by atoms with Crippen LogP contribution in [0.25, 0.3) is 0 Å². The zero-order valence-electron chi connectivity index (χ0n) is 7.96. The van der Waals surface area contributed by atoms with Gasteiger partial charge in [0, 0.05) is 6.42 Å². The van der Waals surface area contributed by atoms with Gasteiger partial charge in [-0.05, 0) is 29.7 Å². The molecule has 0 aliphatic heterocycles. The van der Waals surface area contributed by atoms with E-state index in [1.165, 1.54) is 25.7 Å². The van der Waals surface area contributed by atoms with Crippen molar-refractivity contribution in [2.45, 2.75) is 32.1 Å². The van der Waals surface area contributed by atoms with Crippen LogP contribution in [-0.4, -0.2) is 5.78 Å². The van der Waals surface area contributed by atoms with Crippen molar-refractivity contribution in [1.29, 1.82) is 0 Å². The van der Waals surface area contributed by atoms with E-state index in [0.717, 1.165) is 0 Å². The van der Waals surface area contributed by atoms with Crippen molar-refractivity contribution in [3.05, 3.63) is 23.1 Å². The van der Waals surface area contributed by atoms with Gasteiger partial charge >= 0.3 is 0 Å². The fourth-order valence-electron chi connectivity index (χ4n) is 2.04. The van der Waals surface area contributed by atoms with Crippen LogP contribution in [0.5, 0.6) is 0 Å². The van der Waals surface area contributed by atoms with Crippen LogP contribution in [0, 0.1) is 5.92 Å². The average Bonchev–Trinajstić information content (AvgIpc) is 2.75. The Morgan fingerprint density at radius 2 is 2.14 bits per heavy atom. The van der Waals surface area contributed by atoms with Crippen molar-refractivity contribution in [2.75, 3.05) is 0 Å². The molecule has 1 aliphatic rings. The molecular formula is C11H13ClO2. The Kier molecular flexibility index (Phi) is 2.92. The second-order valence-electron chi connectivity index (χ2n) is 3.88. The molecule has 1 saturated carbocycles. The van der Waals surface area contributed by atoms with E-state index in [4.69, 9.17) is 16.0 Å². The SMILES string of the molecule is O=C(CC1CCCC1)c1ccc(Cl)o1. The molecule has 76 valence electrons. The van der Waals surface area contributed by atoms with E-state index in [0.29, 0.717) is 23.3 Å². The van der Waals surface area contributed by atoms with Crippen LogP contribution in [-0.2, 0) is 0 Å². The zero-order chi connectivity index (χ0) is 9.97. The van der Waals surface area contributed by atoms with Crippen LogP contribution in [0.3, 0.4) is 0 Å². The molecule has 2 rings (SSSR count). The first-order valence-corrected chi connectivity index (χ1v) is 5.42. The Bertz CT molecular complexity index is 324. The normalized spacial score (nSPS) is 17.5. The zero-order valence-corrected chi connectivity index (χ0v) is 8.72. The summed E-state index contributed by atoms with van der Waals surface area (Å²) in [5, 5.41) is 0.291. The third kappa shape index (κ3) is 2.18. The first-order valence-electron chi connectivity index (χ1n) is 5.04. The molecule has 0 aromatic carbocycles. The van der Waals surface area contributed by atoms with Crippen molar-refractivity contribution >= 4 is 17.4 Å². The van der Waals surface area contributed by atoms with Gasteiger partial charge in [0.15, 0.2) is 16.8 Å². The summed E-state index contributed by atoms with van der Waals surface area (Å²) in [5.41, 5.74) is 0. The summed E-state index contributed by atoms with van der Waals surface area (Å²) in [7, 11) is 0. The third-order valence-corrected chi connectivity index (χ3v) is 3.00. The molecule has 0 atom stereocenters. The Morgan fingerprint density at radius 3 is 2.71 bits per heavy atom. The van der Waals surface area contributed by atoms with Crippen LogP contribution in [0.1, 0.15) is 42.7 Å². The van der Waals surface area contributed by atoms with E-state index in [2.05, 4.69) is 0 Å². The molecular weight excluding hydrogens is 200 g/mol. The minimum Gasteiger partial charge on any atom is -0.442 e. The monoisotopic (exact) mass is 212 g/mol. The number of rotatable bonds is 3.